The summed E-state index contributed by atoms with van der Waals surface area (Å²) in [5, 5.41) is 3.42. The average Bonchev–Trinajstić information content (AvgIpc) is 3.03. The first-order chi connectivity index (χ1) is 12.2. The number of fused-ring (bicyclic) bond motifs is 3. The second-order valence-corrected chi connectivity index (χ2v) is 8.75. The van der Waals surface area contributed by atoms with E-state index in [1.165, 1.54) is 56.2 Å². The molecule has 4 aliphatic carbocycles. The van der Waals surface area contributed by atoms with Crippen molar-refractivity contribution in [3.63, 3.8) is 0 Å². The number of aromatic nitrogens is 2. The monoisotopic (exact) mass is 341 g/mol. The number of rotatable bonds is 2. The fraction of sp³-hybridized carbons (Fsp3) is 0.800. The Hall–Kier alpha value is -1.36. The number of hydrogen-bond donors (Lipinski definition) is 2. The van der Waals surface area contributed by atoms with Gasteiger partial charge in [-0.25, -0.2) is 4.98 Å². The molecule has 0 radical (unpaired) electrons. The zero-order valence-electron chi connectivity index (χ0n) is 15.4. The lowest BCUT2D eigenvalue weighted by Crippen LogP contribution is -2.39. The molecule has 0 amide bonds. The smallest absolute Gasteiger partial charge is 0.222 e. The molecule has 25 heavy (non-hydrogen) atoms. The Morgan fingerprint density at radius 2 is 1.84 bits per heavy atom. The van der Waals surface area contributed by atoms with Crippen LogP contribution in [0.2, 0.25) is 0 Å². The SMILES string of the molecule is CN[C@@H]1CCN(c2nc(N)nc3c2CCCC2C4CCC(CC4)C32)C1. The zero-order chi connectivity index (χ0) is 17.0. The van der Waals surface area contributed by atoms with Gasteiger partial charge in [0.2, 0.25) is 5.95 Å². The highest BCUT2D eigenvalue weighted by molar-refractivity contribution is 5.54. The molecule has 3 N–H and O–H groups in total. The highest BCUT2D eigenvalue weighted by Gasteiger charge is 2.47. The normalized spacial score (nSPS) is 36.8. The minimum absolute atomic E-state index is 0.490. The average molecular weight is 342 g/mol. The molecule has 1 saturated heterocycles. The molecule has 1 aromatic heterocycles. The summed E-state index contributed by atoms with van der Waals surface area (Å²) in [6.07, 6.45) is 10.7. The molecule has 6 rings (SSSR count). The summed E-state index contributed by atoms with van der Waals surface area (Å²) >= 11 is 0. The van der Waals surface area contributed by atoms with Gasteiger partial charge in [-0.1, -0.05) is 0 Å². The van der Waals surface area contributed by atoms with Crippen molar-refractivity contribution in [3.8, 4) is 0 Å². The van der Waals surface area contributed by atoms with Gasteiger partial charge in [0, 0.05) is 30.6 Å². The lowest BCUT2D eigenvalue weighted by molar-refractivity contribution is 0.0619. The Morgan fingerprint density at radius 3 is 2.60 bits per heavy atom. The van der Waals surface area contributed by atoms with Crippen LogP contribution in [0.25, 0.3) is 0 Å². The molecule has 136 valence electrons. The van der Waals surface area contributed by atoms with Gasteiger partial charge in [0.25, 0.3) is 0 Å². The third kappa shape index (κ3) is 2.54. The minimum atomic E-state index is 0.490. The van der Waals surface area contributed by atoms with Gasteiger partial charge in [0.15, 0.2) is 0 Å². The number of nitrogens with zero attached hydrogens (tertiary/aromatic N) is 3. The third-order valence-corrected chi connectivity index (χ3v) is 7.60. The number of nitrogens with one attached hydrogen (secondary N) is 1. The van der Waals surface area contributed by atoms with Crippen LogP contribution in [0.5, 0.6) is 0 Å². The van der Waals surface area contributed by atoms with Crippen molar-refractivity contribution in [2.45, 2.75) is 63.3 Å². The number of nitrogen functional groups attached to an aromatic ring is 1. The van der Waals surface area contributed by atoms with E-state index in [1.54, 1.807) is 0 Å². The maximum atomic E-state index is 6.22. The van der Waals surface area contributed by atoms with Crippen molar-refractivity contribution in [2.75, 3.05) is 30.8 Å². The Kier molecular flexibility index (Phi) is 3.88. The predicted octanol–water partition coefficient (Wildman–Crippen LogP) is 2.71. The highest BCUT2D eigenvalue weighted by Crippen LogP contribution is 2.56. The number of anilines is 2. The first kappa shape index (κ1) is 15.9. The molecular formula is C20H31N5. The van der Waals surface area contributed by atoms with Crippen molar-refractivity contribution in [3.05, 3.63) is 11.3 Å². The van der Waals surface area contributed by atoms with Gasteiger partial charge < -0.3 is 16.0 Å². The van der Waals surface area contributed by atoms with E-state index in [0.29, 0.717) is 17.9 Å². The van der Waals surface area contributed by atoms with E-state index in [1.807, 2.05) is 0 Å². The predicted molar refractivity (Wildman–Crippen MR) is 101 cm³/mol. The summed E-state index contributed by atoms with van der Waals surface area (Å²) in [5.41, 5.74) is 9.00. The highest BCUT2D eigenvalue weighted by atomic mass is 15.3. The molecule has 2 unspecified atom stereocenters. The fourth-order valence-electron chi connectivity index (χ4n) is 6.40. The second kappa shape index (κ2) is 6.11. The molecule has 2 heterocycles. The van der Waals surface area contributed by atoms with Gasteiger partial charge in [0.05, 0.1) is 5.69 Å². The zero-order valence-corrected chi connectivity index (χ0v) is 15.4. The quantitative estimate of drug-likeness (QED) is 0.866. The van der Waals surface area contributed by atoms with Crippen LogP contribution in [0.4, 0.5) is 11.8 Å². The molecule has 3 saturated carbocycles. The summed E-state index contributed by atoms with van der Waals surface area (Å²) in [7, 11) is 2.06. The Morgan fingerprint density at radius 1 is 1.04 bits per heavy atom. The molecule has 1 aromatic rings. The Balaban J connectivity index is 1.57. The fourth-order valence-corrected chi connectivity index (χ4v) is 6.40. The molecule has 5 nitrogen and oxygen atoms in total. The first-order valence-corrected chi connectivity index (χ1v) is 10.3. The molecule has 5 aliphatic rings. The lowest BCUT2D eigenvalue weighted by Gasteiger charge is -2.48. The maximum absolute atomic E-state index is 6.22. The van der Waals surface area contributed by atoms with Crippen molar-refractivity contribution in [2.24, 2.45) is 17.8 Å². The van der Waals surface area contributed by atoms with Crippen LogP contribution in [-0.2, 0) is 6.42 Å². The summed E-state index contributed by atoms with van der Waals surface area (Å²) in [6.45, 7) is 2.12. The molecule has 5 heteroatoms. The van der Waals surface area contributed by atoms with Gasteiger partial charge in [-0.15, -0.1) is 0 Å². The van der Waals surface area contributed by atoms with E-state index in [4.69, 9.17) is 15.7 Å². The van der Waals surface area contributed by atoms with Crippen LogP contribution < -0.4 is 16.0 Å². The summed E-state index contributed by atoms with van der Waals surface area (Å²) in [4.78, 5) is 12.1. The van der Waals surface area contributed by atoms with Gasteiger partial charge in [-0.3, -0.25) is 0 Å². The molecular weight excluding hydrogens is 310 g/mol. The molecule has 4 fully saturated rings. The van der Waals surface area contributed by atoms with E-state index in [0.717, 1.165) is 43.1 Å². The van der Waals surface area contributed by atoms with Crippen molar-refractivity contribution < 1.29 is 0 Å². The van der Waals surface area contributed by atoms with E-state index >= 15 is 0 Å². The molecule has 3 atom stereocenters. The Bertz CT molecular complexity index is 652. The lowest BCUT2D eigenvalue weighted by atomic mass is 9.57. The van der Waals surface area contributed by atoms with Gasteiger partial charge >= 0.3 is 0 Å². The molecule has 2 bridgehead atoms. The standard InChI is InChI=1S/C20H31N5/c1-22-14-9-10-25(11-14)19-16-4-2-3-15-12-5-7-13(8-6-12)17(15)18(16)23-20(21)24-19/h12-15,17,22H,2-11H2,1H3,(H2,21,23,24)/t12?,13?,14-,15?,17?/m1/s1. The summed E-state index contributed by atoms with van der Waals surface area (Å²) in [6, 6.07) is 0.566. The molecule has 1 aliphatic heterocycles. The van der Waals surface area contributed by atoms with Crippen LogP contribution in [0.1, 0.15) is 62.1 Å². The third-order valence-electron chi connectivity index (χ3n) is 7.60. The second-order valence-electron chi connectivity index (χ2n) is 8.75. The van der Waals surface area contributed by atoms with E-state index < -0.39 is 0 Å². The summed E-state index contributed by atoms with van der Waals surface area (Å²) in [5.74, 6) is 4.90. The van der Waals surface area contributed by atoms with E-state index in [-0.39, 0.29) is 0 Å². The van der Waals surface area contributed by atoms with Crippen LogP contribution in [-0.4, -0.2) is 36.1 Å². The van der Waals surface area contributed by atoms with Crippen molar-refractivity contribution in [1.82, 2.24) is 15.3 Å². The van der Waals surface area contributed by atoms with Crippen LogP contribution in [0, 0.1) is 17.8 Å². The summed E-state index contributed by atoms with van der Waals surface area (Å²) < 4.78 is 0. The maximum Gasteiger partial charge on any atom is 0.222 e. The van der Waals surface area contributed by atoms with Crippen LogP contribution in [0.3, 0.4) is 0 Å². The van der Waals surface area contributed by atoms with E-state index in [9.17, 15) is 0 Å². The minimum Gasteiger partial charge on any atom is -0.368 e. The van der Waals surface area contributed by atoms with Crippen LogP contribution in [0.15, 0.2) is 0 Å². The number of likely N-dealkylation sites (N-methyl/N-ethyl adjacent to an activating group) is 1. The van der Waals surface area contributed by atoms with Crippen LogP contribution >= 0.6 is 0 Å². The largest absolute Gasteiger partial charge is 0.368 e. The van der Waals surface area contributed by atoms with Gasteiger partial charge in [-0.05, 0) is 76.2 Å². The van der Waals surface area contributed by atoms with Gasteiger partial charge in [-0.2, -0.15) is 4.98 Å². The van der Waals surface area contributed by atoms with Crippen molar-refractivity contribution >= 4 is 11.8 Å². The topological polar surface area (TPSA) is 67.1 Å². The number of hydrogen-bond acceptors (Lipinski definition) is 5. The number of nitrogens with two attached hydrogens (primary N) is 1. The van der Waals surface area contributed by atoms with Gasteiger partial charge in [0.1, 0.15) is 5.82 Å². The first-order valence-electron chi connectivity index (χ1n) is 10.3. The molecule has 0 aromatic carbocycles. The molecule has 0 spiro atoms. The van der Waals surface area contributed by atoms with E-state index in [2.05, 4.69) is 17.3 Å². The van der Waals surface area contributed by atoms with Crippen molar-refractivity contribution in [1.29, 1.82) is 0 Å². The Labute approximate surface area is 150 Å².